The second-order valence-corrected chi connectivity index (χ2v) is 19.0. The molecule has 7 heterocycles. The van der Waals surface area contributed by atoms with Crippen molar-refractivity contribution in [3.63, 3.8) is 0 Å². The zero-order valence-electron chi connectivity index (χ0n) is 29.7. The van der Waals surface area contributed by atoms with Crippen molar-refractivity contribution >= 4 is 60.9 Å². The van der Waals surface area contributed by atoms with Gasteiger partial charge in [-0.2, -0.15) is 4.98 Å². The van der Waals surface area contributed by atoms with Crippen molar-refractivity contribution in [1.82, 2.24) is 38.6 Å². The molecule has 3 aliphatic rings. The van der Waals surface area contributed by atoms with Gasteiger partial charge in [0, 0.05) is 37.2 Å². The predicted octanol–water partition coefficient (Wildman–Crippen LogP) is 0.201. The molecule has 24 nitrogen and oxygen atoms in total. The highest BCUT2D eigenvalue weighted by Crippen LogP contribution is 2.59. The van der Waals surface area contributed by atoms with Gasteiger partial charge in [0.25, 0.3) is 5.56 Å². The van der Waals surface area contributed by atoms with Crippen LogP contribution >= 0.6 is 38.1 Å². The number of aromatic nitrogens is 8. The molecule has 0 bridgehead atoms. The minimum absolute atomic E-state index is 0.00724. The molecular weight excluding hydrogens is 838 g/mol. The molecular formula is C29H38N10O14P2S2. The van der Waals surface area contributed by atoms with E-state index in [0.29, 0.717) is 11.2 Å². The van der Waals surface area contributed by atoms with E-state index in [0.717, 1.165) is 9.13 Å². The number of H-pyrrole nitrogens is 1. The van der Waals surface area contributed by atoms with E-state index in [1.165, 1.54) is 38.0 Å². The number of nitrogens with one attached hydrogen (secondary N) is 1. The van der Waals surface area contributed by atoms with Crippen molar-refractivity contribution in [2.45, 2.75) is 81.5 Å². The number of aliphatic hydroxyl groups is 2. The highest BCUT2D eigenvalue weighted by Gasteiger charge is 2.45. The Morgan fingerprint density at radius 3 is 2.19 bits per heavy atom. The van der Waals surface area contributed by atoms with Crippen LogP contribution in [0.3, 0.4) is 0 Å². The highest BCUT2D eigenvalue weighted by molar-refractivity contribution is 8.44. The highest BCUT2D eigenvalue weighted by atomic mass is 32.7. The molecule has 0 saturated carbocycles. The van der Waals surface area contributed by atoms with Gasteiger partial charge in [0.2, 0.25) is 0 Å². The Kier molecular flexibility index (Phi) is 12.2. The summed E-state index contributed by atoms with van der Waals surface area (Å²) < 4.78 is 71.3. The van der Waals surface area contributed by atoms with Crippen molar-refractivity contribution in [2.24, 2.45) is 0 Å². The lowest BCUT2D eigenvalue weighted by Crippen LogP contribution is -2.33. The Labute approximate surface area is 331 Å². The molecule has 11 atom stereocenters. The van der Waals surface area contributed by atoms with E-state index in [1.807, 2.05) is 0 Å². The predicted molar refractivity (Wildman–Crippen MR) is 202 cm³/mol. The number of nitrogens with two attached hydrogens (primary N) is 2. The second kappa shape index (κ2) is 16.6. The third-order valence-electron chi connectivity index (χ3n) is 9.40. The molecule has 7 N–H and O–H groups in total. The number of fused-ring (bicyclic) bond motifs is 1. The fourth-order valence-corrected chi connectivity index (χ4v) is 9.63. The maximum atomic E-state index is 13.7. The third kappa shape index (κ3) is 9.22. The van der Waals surface area contributed by atoms with Gasteiger partial charge in [0.1, 0.15) is 66.9 Å². The molecule has 0 amide bonds. The first-order chi connectivity index (χ1) is 27.0. The monoisotopic (exact) mass is 876 g/mol. The Morgan fingerprint density at radius 2 is 1.51 bits per heavy atom. The molecule has 310 valence electrons. The van der Waals surface area contributed by atoms with Gasteiger partial charge in [-0.05, 0) is 13.0 Å². The zero-order valence-corrected chi connectivity index (χ0v) is 33.3. The lowest BCUT2D eigenvalue weighted by molar-refractivity contribution is -0.0522. The molecule has 57 heavy (non-hydrogen) atoms. The van der Waals surface area contributed by atoms with Crippen molar-refractivity contribution in [2.75, 3.05) is 31.3 Å². The zero-order chi connectivity index (χ0) is 40.8. The van der Waals surface area contributed by atoms with E-state index in [9.17, 15) is 33.7 Å². The average molecular weight is 877 g/mol. The summed E-state index contributed by atoms with van der Waals surface area (Å²) in [4.78, 5) is 55.3. The van der Waals surface area contributed by atoms with Crippen LogP contribution in [0.15, 0.2) is 45.5 Å². The van der Waals surface area contributed by atoms with E-state index in [1.54, 1.807) is 4.57 Å². The fraction of sp³-hybridized carbons (Fsp3) is 0.552. The van der Waals surface area contributed by atoms with Crippen LogP contribution in [0.25, 0.3) is 11.2 Å². The summed E-state index contributed by atoms with van der Waals surface area (Å²) in [5.74, 6) is 0.156. The summed E-state index contributed by atoms with van der Waals surface area (Å²) in [7, 11) is 0. The fourth-order valence-electron chi connectivity index (χ4n) is 6.58. The maximum Gasteiger partial charge on any atom is 0.386 e. The number of nitrogen functional groups attached to an aromatic ring is 2. The third-order valence-corrected chi connectivity index (χ3v) is 12.7. The summed E-state index contributed by atoms with van der Waals surface area (Å²) >= 11 is 8.23. The molecule has 4 aromatic heterocycles. The number of ether oxygens (including phenoxy) is 3. The number of thiol groups is 2. The van der Waals surface area contributed by atoms with Crippen molar-refractivity contribution in [1.29, 1.82) is 0 Å². The van der Waals surface area contributed by atoms with E-state index in [-0.39, 0.29) is 36.5 Å². The van der Waals surface area contributed by atoms with Crippen LogP contribution in [-0.4, -0.2) is 105 Å². The number of aromatic amines is 1. The quantitative estimate of drug-likeness (QED) is 0.0657. The normalized spacial score (nSPS) is 29.8. The van der Waals surface area contributed by atoms with Crippen LogP contribution < -0.4 is 28.4 Å². The van der Waals surface area contributed by atoms with Gasteiger partial charge in [0.15, 0.2) is 11.5 Å². The molecule has 3 saturated heterocycles. The lowest BCUT2D eigenvalue weighted by atomic mass is 10.2. The number of anilines is 2. The molecule has 28 heteroatoms. The first-order valence-electron chi connectivity index (χ1n) is 17.2. The largest absolute Gasteiger partial charge is 0.394 e. The topological polar surface area (TPSA) is 325 Å². The summed E-state index contributed by atoms with van der Waals surface area (Å²) in [6.07, 6.45) is -4.20. The first-order valence-corrected chi connectivity index (χ1v) is 22.6. The Hall–Kier alpha value is -3.49. The number of aryl methyl sites for hydroxylation is 1. The van der Waals surface area contributed by atoms with Crippen LogP contribution in [0.1, 0.15) is 43.5 Å². The number of hydrogen-bond donors (Lipinski definition) is 7. The van der Waals surface area contributed by atoms with E-state index < -0.39 is 106 Å². The van der Waals surface area contributed by atoms with Crippen LogP contribution in [0.4, 0.5) is 11.6 Å². The van der Waals surface area contributed by atoms with Gasteiger partial charge in [-0.25, -0.2) is 33.7 Å². The van der Waals surface area contributed by atoms with Crippen LogP contribution in [-0.2, 0) is 41.4 Å². The summed E-state index contributed by atoms with van der Waals surface area (Å²) in [6.45, 7) is -8.74. The molecule has 7 rings (SSSR count). The molecule has 3 aliphatic heterocycles. The number of aliphatic hydroxyl groups excluding tert-OH is 2. The van der Waals surface area contributed by atoms with Gasteiger partial charge in [-0.3, -0.25) is 41.6 Å². The summed E-state index contributed by atoms with van der Waals surface area (Å²) in [5, 5.41) is 20.7. The Balaban J connectivity index is 1.02. The molecule has 0 aliphatic carbocycles. The summed E-state index contributed by atoms with van der Waals surface area (Å²) in [5.41, 5.74) is 10.2. The van der Waals surface area contributed by atoms with Crippen molar-refractivity contribution < 1.29 is 51.6 Å². The minimum Gasteiger partial charge on any atom is -0.394 e. The standard InChI is InChI=1S/C29H38N10O14P2S2/c1-13-7-38(29(44)36-27(13)42)23-6-16(53-54(45,56)47-9-18-14(41)4-21(50-18)39-12-34-24-25(31)32-11-33-26(24)39)19(51-23)10-48-55(46,57)52-15-5-22(49-17(15)8-40)37-3-2-20(30)35-28(37)43/h2-3,7,11-12,14-19,21-23,40-41H,4-6,8-10H2,1H3,(H,45,56)(H,46,57)(H2,30,35,43)(H2,31,32,33)(H,36,42,44)/t14-,15-,16-,17-,18-,19-,21-,22-,23-,54?,55?/m1/s1. The number of nitrogens with zero attached hydrogens (tertiary/aromatic N) is 7. The van der Waals surface area contributed by atoms with Crippen molar-refractivity contribution in [3.05, 3.63) is 68.0 Å². The van der Waals surface area contributed by atoms with E-state index in [2.05, 4.69) is 49.4 Å². The minimum atomic E-state index is -4.31. The maximum absolute atomic E-state index is 13.7. The smallest absolute Gasteiger partial charge is 0.386 e. The van der Waals surface area contributed by atoms with Crippen LogP contribution in [0.5, 0.6) is 0 Å². The van der Waals surface area contributed by atoms with Crippen LogP contribution in [0, 0.1) is 6.92 Å². The molecule has 2 unspecified atom stereocenters. The average Bonchev–Trinajstić information content (AvgIpc) is 3.93. The second-order valence-electron chi connectivity index (χ2n) is 13.3. The van der Waals surface area contributed by atoms with Crippen molar-refractivity contribution in [3.8, 4) is 0 Å². The van der Waals surface area contributed by atoms with Gasteiger partial charge in [-0.1, -0.05) is 24.5 Å². The van der Waals surface area contributed by atoms with Gasteiger partial charge < -0.3 is 35.9 Å². The number of rotatable bonds is 14. The lowest BCUT2D eigenvalue weighted by Gasteiger charge is -2.25. The number of hydrogen-bond acceptors (Lipinski definition) is 20. The Morgan fingerprint density at radius 1 is 0.895 bits per heavy atom. The van der Waals surface area contributed by atoms with E-state index >= 15 is 0 Å². The first kappa shape index (κ1) is 41.7. The van der Waals surface area contributed by atoms with Crippen LogP contribution in [0.2, 0.25) is 0 Å². The van der Waals surface area contributed by atoms with Gasteiger partial charge in [-0.15, -0.1) is 0 Å². The molecule has 0 radical (unpaired) electrons. The SMILES string of the molecule is Cc1cn([C@H]2C[C@@H](OP(=O)(S)OC[C@H]3O[C@@H](n4cnc5c(N)ncnc54)C[C@H]3O)[C@@H](COP(=O)(S)O[C@@H]3C[C@H](n4ccc(N)nc4=O)O[C@@H]3CO)O2)c(=O)[nH]c1=O. The van der Waals surface area contributed by atoms with E-state index in [4.69, 9.17) is 43.8 Å². The van der Waals surface area contributed by atoms with Gasteiger partial charge in [0.05, 0.1) is 32.3 Å². The number of imidazole rings is 1. The molecule has 0 aromatic carbocycles. The van der Waals surface area contributed by atoms with Gasteiger partial charge >= 0.3 is 25.0 Å². The Bertz CT molecular complexity index is 2400. The summed E-state index contributed by atoms with van der Waals surface area (Å²) in [6, 6.07) is 1.38. The molecule has 4 aromatic rings. The molecule has 0 spiro atoms. The molecule has 3 fully saturated rings.